The maximum absolute atomic E-state index is 13.2. The molecule has 0 bridgehead atoms. The molecule has 1 unspecified atom stereocenters. The predicted octanol–water partition coefficient (Wildman–Crippen LogP) is 5.63. The van der Waals surface area contributed by atoms with Crippen LogP contribution in [0, 0.1) is 0 Å². The molecule has 0 amide bonds. The fourth-order valence-corrected chi connectivity index (χ4v) is 5.44. The number of alkyl halides is 2. The second kappa shape index (κ2) is 9.82. The van der Waals surface area contributed by atoms with Crippen LogP contribution in [0.5, 0.6) is 0 Å². The number of anilines is 1. The number of aliphatic hydroxyl groups is 1. The van der Waals surface area contributed by atoms with Crippen LogP contribution >= 0.6 is 0 Å². The van der Waals surface area contributed by atoms with E-state index < -0.39 is 5.92 Å². The van der Waals surface area contributed by atoms with E-state index in [1.165, 1.54) is 0 Å². The number of hydrogen-bond acceptors (Lipinski definition) is 5. The zero-order valence-electron chi connectivity index (χ0n) is 20.6. The topological polar surface area (TPSA) is 66.2 Å². The first kappa shape index (κ1) is 24.1. The zero-order valence-corrected chi connectivity index (χ0v) is 20.6. The van der Waals surface area contributed by atoms with Gasteiger partial charge in [0.25, 0.3) is 5.92 Å². The number of aliphatic hydroxyl groups excluding tert-OH is 1. The Morgan fingerprint density at radius 1 is 1.14 bits per heavy atom. The Hall–Kier alpha value is -2.58. The Morgan fingerprint density at radius 2 is 1.86 bits per heavy atom. The van der Waals surface area contributed by atoms with Gasteiger partial charge in [0.2, 0.25) is 5.95 Å². The zero-order chi connectivity index (χ0) is 24.6. The number of rotatable bonds is 8. The molecule has 2 aromatic heterocycles. The molecule has 1 aliphatic heterocycles. The summed E-state index contributed by atoms with van der Waals surface area (Å²) in [7, 11) is 0. The molecular weight excluding hydrogens is 448 g/mol. The molecule has 3 aromatic rings. The van der Waals surface area contributed by atoms with Crippen molar-refractivity contribution in [3.8, 4) is 11.1 Å². The third kappa shape index (κ3) is 5.33. The van der Waals surface area contributed by atoms with Gasteiger partial charge in [-0.15, -0.1) is 0 Å². The lowest BCUT2D eigenvalue weighted by Gasteiger charge is -2.38. The molecule has 1 aromatic carbocycles. The van der Waals surface area contributed by atoms with Crippen molar-refractivity contribution in [3.63, 3.8) is 0 Å². The highest BCUT2D eigenvalue weighted by Gasteiger charge is 2.43. The number of benzene rings is 1. The van der Waals surface area contributed by atoms with Gasteiger partial charge in [-0.1, -0.05) is 37.6 Å². The molecule has 188 valence electrons. The lowest BCUT2D eigenvalue weighted by molar-refractivity contribution is -0.133. The second-order valence-corrected chi connectivity index (χ2v) is 10.4. The number of halogens is 2. The first-order chi connectivity index (χ1) is 16.8. The maximum Gasteiger partial charge on any atom is 0.272 e. The summed E-state index contributed by atoms with van der Waals surface area (Å²) in [5.74, 6) is -1.90. The molecule has 1 atom stereocenters. The van der Waals surface area contributed by atoms with Crippen molar-refractivity contribution < 1.29 is 13.9 Å². The lowest BCUT2D eigenvalue weighted by atomic mass is 9.93. The van der Waals surface area contributed by atoms with Gasteiger partial charge in [-0.05, 0) is 50.2 Å². The van der Waals surface area contributed by atoms with Gasteiger partial charge < -0.3 is 15.0 Å². The maximum atomic E-state index is 13.2. The first-order valence-electron chi connectivity index (χ1n) is 12.8. The van der Waals surface area contributed by atoms with Gasteiger partial charge in [-0.2, -0.15) is 4.98 Å². The molecule has 8 heteroatoms. The van der Waals surface area contributed by atoms with Crippen molar-refractivity contribution in [2.45, 2.75) is 83.0 Å². The van der Waals surface area contributed by atoms with E-state index in [1.54, 1.807) is 4.90 Å². The van der Waals surface area contributed by atoms with Crippen molar-refractivity contribution >= 4 is 17.0 Å². The van der Waals surface area contributed by atoms with Gasteiger partial charge in [-0.25, -0.2) is 13.8 Å². The van der Waals surface area contributed by atoms with Crippen LogP contribution < -0.4 is 5.32 Å². The SMILES string of the molecule is CCCC(C)Nc1ncc2c(-c3ccc(CN4CC(F)(F)C4)cc3)cn(C3CCC(O)CC3)c2n1. The van der Waals surface area contributed by atoms with E-state index in [9.17, 15) is 13.9 Å². The molecule has 35 heavy (non-hydrogen) atoms. The average molecular weight is 484 g/mol. The summed E-state index contributed by atoms with van der Waals surface area (Å²) in [6.45, 7) is 4.52. The van der Waals surface area contributed by atoms with Gasteiger partial charge in [0.05, 0.1) is 19.2 Å². The Morgan fingerprint density at radius 3 is 2.51 bits per heavy atom. The van der Waals surface area contributed by atoms with Crippen LogP contribution in [0.25, 0.3) is 22.2 Å². The first-order valence-corrected chi connectivity index (χ1v) is 12.8. The van der Waals surface area contributed by atoms with Crippen LogP contribution in [0.2, 0.25) is 0 Å². The third-order valence-corrected chi connectivity index (χ3v) is 7.31. The summed E-state index contributed by atoms with van der Waals surface area (Å²) < 4.78 is 28.6. The van der Waals surface area contributed by atoms with E-state index in [1.807, 2.05) is 18.3 Å². The summed E-state index contributed by atoms with van der Waals surface area (Å²) in [6, 6.07) is 8.75. The highest BCUT2D eigenvalue weighted by Crippen LogP contribution is 2.37. The fourth-order valence-electron chi connectivity index (χ4n) is 5.44. The summed E-state index contributed by atoms with van der Waals surface area (Å²) in [4.78, 5) is 11.3. The molecule has 0 radical (unpaired) electrons. The molecular formula is C27H35F2N5O. The van der Waals surface area contributed by atoms with Crippen molar-refractivity contribution in [2.24, 2.45) is 0 Å². The van der Waals surface area contributed by atoms with Crippen LogP contribution in [-0.4, -0.2) is 55.7 Å². The standard InChI is InChI=1S/C27H35F2N5O/c1-3-4-18(2)31-26-30-13-23-24(15-34(25(23)32-26)21-9-11-22(35)12-10-21)20-7-5-19(6-8-20)14-33-16-27(28,29)17-33/h5-8,13,15,18,21-22,35H,3-4,9-12,14,16-17H2,1-2H3,(H,30,31,32). The largest absolute Gasteiger partial charge is 0.393 e. The Kier molecular flexibility index (Phi) is 6.77. The van der Waals surface area contributed by atoms with Crippen LogP contribution in [-0.2, 0) is 6.54 Å². The quantitative estimate of drug-likeness (QED) is 0.435. The van der Waals surface area contributed by atoms with Gasteiger partial charge in [0, 0.05) is 42.0 Å². The second-order valence-electron chi connectivity index (χ2n) is 10.4. The average Bonchev–Trinajstić information content (AvgIpc) is 3.18. The summed E-state index contributed by atoms with van der Waals surface area (Å²) in [5.41, 5.74) is 4.07. The van der Waals surface area contributed by atoms with E-state index in [4.69, 9.17) is 4.98 Å². The van der Waals surface area contributed by atoms with Crippen molar-refractivity contribution in [3.05, 3.63) is 42.2 Å². The van der Waals surface area contributed by atoms with Crippen LogP contribution in [0.3, 0.4) is 0 Å². The molecule has 5 rings (SSSR count). The normalized spacial score (nSPS) is 23.2. The highest BCUT2D eigenvalue weighted by molar-refractivity contribution is 5.94. The van der Waals surface area contributed by atoms with Crippen LogP contribution in [0.15, 0.2) is 36.7 Å². The predicted molar refractivity (Wildman–Crippen MR) is 135 cm³/mol. The molecule has 1 saturated heterocycles. The number of nitrogens with zero attached hydrogens (tertiary/aromatic N) is 4. The monoisotopic (exact) mass is 483 g/mol. The van der Waals surface area contributed by atoms with Gasteiger partial charge in [0.1, 0.15) is 5.65 Å². The van der Waals surface area contributed by atoms with Gasteiger partial charge >= 0.3 is 0 Å². The van der Waals surface area contributed by atoms with E-state index in [-0.39, 0.29) is 25.2 Å². The lowest BCUT2D eigenvalue weighted by Crippen LogP contribution is -2.55. The molecule has 2 aliphatic rings. The van der Waals surface area contributed by atoms with Crippen molar-refractivity contribution in [1.82, 2.24) is 19.4 Å². The molecule has 3 heterocycles. The van der Waals surface area contributed by atoms with E-state index in [0.717, 1.165) is 66.2 Å². The molecule has 1 saturated carbocycles. The number of aromatic nitrogens is 3. The minimum Gasteiger partial charge on any atom is -0.393 e. The Labute approximate surface area is 205 Å². The van der Waals surface area contributed by atoms with Crippen molar-refractivity contribution in [2.75, 3.05) is 18.4 Å². The van der Waals surface area contributed by atoms with E-state index in [0.29, 0.717) is 18.5 Å². The summed E-state index contributed by atoms with van der Waals surface area (Å²) >= 11 is 0. The molecule has 0 spiro atoms. The highest BCUT2D eigenvalue weighted by atomic mass is 19.3. The molecule has 1 aliphatic carbocycles. The third-order valence-electron chi connectivity index (χ3n) is 7.31. The summed E-state index contributed by atoms with van der Waals surface area (Å²) in [5, 5.41) is 14.4. The molecule has 2 fully saturated rings. The molecule has 2 N–H and O–H groups in total. The number of fused-ring (bicyclic) bond motifs is 1. The molecule has 6 nitrogen and oxygen atoms in total. The smallest absolute Gasteiger partial charge is 0.272 e. The van der Waals surface area contributed by atoms with Crippen molar-refractivity contribution in [1.29, 1.82) is 0 Å². The van der Waals surface area contributed by atoms with E-state index in [2.05, 4.69) is 47.0 Å². The summed E-state index contributed by atoms with van der Waals surface area (Å²) in [6.07, 6.45) is 9.45. The number of likely N-dealkylation sites (tertiary alicyclic amines) is 1. The Balaban J connectivity index is 1.44. The fraction of sp³-hybridized carbons (Fsp3) is 0.556. The van der Waals surface area contributed by atoms with Gasteiger partial charge in [-0.3, -0.25) is 4.90 Å². The minimum absolute atomic E-state index is 0.164. The number of nitrogens with one attached hydrogen (secondary N) is 1. The van der Waals surface area contributed by atoms with E-state index >= 15 is 0 Å². The van der Waals surface area contributed by atoms with Crippen LogP contribution in [0.4, 0.5) is 14.7 Å². The van der Waals surface area contributed by atoms with Gasteiger partial charge in [0.15, 0.2) is 0 Å². The van der Waals surface area contributed by atoms with Crippen LogP contribution in [0.1, 0.15) is 64.0 Å². The number of hydrogen-bond donors (Lipinski definition) is 2. The Bertz CT molecular complexity index is 1150. The minimum atomic E-state index is -2.54.